The van der Waals surface area contributed by atoms with Crippen LogP contribution in [0.15, 0.2) is 60.7 Å². The Bertz CT molecular complexity index is 525. The molecule has 1 atom stereocenters. The second-order valence-electron chi connectivity index (χ2n) is 4.81. The number of rotatable bonds is 6. The molecule has 0 radical (unpaired) electrons. The highest BCUT2D eigenvalue weighted by Crippen LogP contribution is 2.12. The van der Waals surface area contributed by atoms with Crippen molar-refractivity contribution >= 4 is 5.91 Å². The maximum Gasteiger partial charge on any atom is 0.221 e. The molecule has 0 fully saturated rings. The summed E-state index contributed by atoms with van der Waals surface area (Å²) in [6, 6.07) is 19.6. The molecule has 0 saturated carbocycles. The van der Waals surface area contributed by atoms with Gasteiger partial charge < -0.3 is 11.1 Å². The number of hydrogen-bond donors (Lipinski definition) is 2. The number of amides is 1. The Morgan fingerprint density at radius 2 is 1.60 bits per heavy atom. The molecule has 3 N–H and O–H groups in total. The third kappa shape index (κ3) is 4.52. The van der Waals surface area contributed by atoms with E-state index in [4.69, 9.17) is 5.73 Å². The molecule has 0 aliphatic heterocycles. The molecule has 3 nitrogen and oxygen atoms in total. The molecule has 20 heavy (non-hydrogen) atoms. The van der Waals surface area contributed by atoms with Crippen LogP contribution in [0.25, 0.3) is 0 Å². The molecule has 0 spiro atoms. The van der Waals surface area contributed by atoms with Gasteiger partial charge >= 0.3 is 0 Å². The zero-order valence-corrected chi connectivity index (χ0v) is 11.5. The van der Waals surface area contributed by atoms with E-state index in [1.165, 1.54) is 5.56 Å². The van der Waals surface area contributed by atoms with Crippen LogP contribution in [0.4, 0.5) is 0 Å². The standard InChI is InChI=1S/C17H20N2O/c18-16(15-9-5-2-6-10-15)13-17(20)19-12-11-14-7-3-1-4-8-14/h1-10,16H,11-13,18H2,(H,19,20). The number of nitrogens with one attached hydrogen (secondary N) is 1. The first-order valence-electron chi connectivity index (χ1n) is 6.87. The van der Waals surface area contributed by atoms with Gasteiger partial charge in [0.05, 0.1) is 0 Å². The van der Waals surface area contributed by atoms with E-state index < -0.39 is 0 Å². The summed E-state index contributed by atoms with van der Waals surface area (Å²) in [7, 11) is 0. The second kappa shape index (κ2) is 7.46. The van der Waals surface area contributed by atoms with Crippen molar-refractivity contribution < 1.29 is 4.79 Å². The maximum atomic E-state index is 11.8. The van der Waals surface area contributed by atoms with E-state index in [-0.39, 0.29) is 11.9 Å². The minimum Gasteiger partial charge on any atom is -0.356 e. The average molecular weight is 268 g/mol. The molecule has 104 valence electrons. The highest BCUT2D eigenvalue weighted by Gasteiger charge is 2.10. The molecule has 0 saturated heterocycles. The average Bonchev–Trinajstić information content (AvgIpc) is 2.49. The van der Waals surface area contributed by atoms with Gasteiger partial charge in [-0.05, 0) is 17.5 Å². The Hall–Kier alpha value is -2.13. The monoisotopic (exact) mass is 268 g/mol. The van der Waals surface area contributed by atoms with E-state index in [2.05, 4.69) is 17.4 Å². The summed E-state index contributed by atoms with van der Waals surface area (Å²) in [4.78, 5) is 11.8. The first kappa shape index (κ1) is 14.3. The van der Waals surface area contributed by atoms with E-state index >= 15 is 0 Å². The van der Waals surface area contributed by atoms with Gasteiger partial charge in [-0.15, -0.1) is 0 Å². The van der Waals surface area contributed by atoms with E-state index in [1.807, 2.05) is 48.5 Å². The van der Waals surface area contributed by atoms with Gasteiger partial charge in [0.25, 0.3) is 0 Å². The van der Waals surface area contributed by atoms with Crippen molar-refractivity contribution in [1.82, 2.24) is 5.32 Å². The van der Waals surface area contributed by atoms with Crippen molar-refractivity contribution in [2.45, 2.75) is 18.9 Å². The van der Waals surface area contributed by atoms with Crippen LogP contribution in [0.1, 0.15) is 23.6 Å². The largest absolute Gasteiger partial charge is 0.356 e. The van der Waals surface area contributed by atoms with Gasteiger partial charge in [-0.2, -0.15) is 0 Å². The van der Waals surface area contributed by atoms with E-state index in [0.717, 1.165) is 12.0 Å². The summed E-state index contributed by atoms with van der Waals surface area (Å²) in [6.45, 7) is 0.643. The van der Waals surface area contributed by atoms with Crippen LogP contribution < -0.4 is 11.1 Å². The van der Waals surface area contributed by atoms with E-state index in [9.17, 15) is 4.79 Å². The third-order valence-corrected chi connectivity index (χ3v) is 3.21. The third-order valence-electron chi connectivity index (χ3n) is 3.21. The lowest BCUT2D eigenvalue weighted by molar-refractivity contribution is -0.121. The Kier molecular flexibility index (Phi) is 5.33. The number of carbonyl (C=O) groups excluding carboxylic acids is 1. The lowest BCUT2D eigenvalue weighted by atomic mass is 10.0. The topological polar surface area (TPSA) is 55.1 Å². The van der Waals surface area contributed by atoms with Gasteiger partial charge in [0.15, 0.2) is 0 Å². The van der Waals surface area contributed by atoms with Gasteiger partial charge in [0.1, 0.15) is 0 Å². The summed E-state index contributed by atoms with van der Waals surface area (Å²) < 4.78 is 0. The van der Waals surface area contributed by atoms with Gasteiger partial charge in [-0.1, -0.05) is 60.7 Å². The van der Waals surface area contributed by atoms with Crippen molar-refractivity contribution in [1.29, 1.82) is 0 Å². The molecule has 0 aliphatic carbocycles. The summed E-state index contributed by atoms with van der Waals surface area (Å²) in [6.07, 6.45) is 1.16. The first-order chi connectivity index (χ1) is 9.75. The highest BCUT2D eigenvalue weighted by molar-refractivity contribution is 5.76. The Balaban J connectivity index is 1.73. The van der Waals surface area contributed by atoms with Crippen LogP contribution in [0, 0.1) is 0 Å². The molecule has 3 heteroatoms. The molecule has 1 amide bonds. The molecule has 2 aromatic carbocycles. The molecular formula is C17H20N2O. The molecule has 0 heterocycles. The van der Waals surface area contributed by atoms with Crippen LogP contribution >= 0.6 is 0 Å². The van der Waals surface area contributed by atoms with Crippen LogP contribution in [0.2, 0.25) is 0 Å². The van der Waals surface area contributed by atoms with E-state index in [0.29, 0.717) is 13.0 Å². The Morgan fingerprint density at radius 3 is 2.25 bits per heavy atom. The predicted molar refractivity (Wildman–Crippen MR) is 81.1 cm³/mol. The van der Waals surface area contributed by atoms with Crippen molar-refractivity contribution in [2.24, 2.45) is 5.73 Å². The summed E-state index contributed by atoms with van der Waals surface area (Å²) in [5.74, 6) is -0.00251. The molecular weight excluding hydrogens is 248 g/mol. The first-order valence-corrected chi connectivity index (χ1v) is 6.87. The molecule has 2 rings (SSSR count). The molecule has 2 aromatic rings. The van der Waals surface area contributed by atoms with Crippen LogP contribution in [0.3, 0.4) is 0 Å². The number of hydrogen-bond acceptors (Lipinski definition) is 2. The Labute approximate surface area is 119 Å². The minimum atomic E-state index is -0.243. The second-order valence-corrected chi connectivity index (χ2v) is 4.81. The molecule has 0 bridgehead atoms. The predicted octanol–water partition coefficient (Wildman–Crippen LogP) is 2.44. The molecule has 1 unspecified atom stereocenters. The number of benzene rings is 2. The summed E-state index contributed by atoms with van der Waals surface area (Å²) in [5, 5.41) is 2.91. The molecule has 0 aromatic heterocycles. The van der Waals surface area contributed by atoms with Gasteiger partial charge in [0.2, 0.25) is 5.91 Å². The van der Waals surface area contributed by atoms with Crippen LogP contribution in [0.5, 0.6) is 0 Å². The fourth-order valence-electron chi connectivity index (χ4n) is 2.08. The van der Waals surface area contributed by atoms with Gasteiger partial charge in [-0.25, -0.2) is 0 Å². The maximum absolute atomic E-state index is 11.8. The lowest BCUT2D eigenvalue weighted by Crippen LogP contribution is -2.29. The van der Waals surface area contributed by atoms with Crippen molar-refractivity contribution in [3.05, 3.63) is 71.8 Å². The SMILES string of the molecule is NC(CC(=O)NCCc1ccccc1)c1ccccc1. The number of carbonyl (C=O) groups is 1. The highest BCUT2D eigenvalue weighted by atomic mass is 16.1. The fraction of sp³-hybridized carbons (Fsp3) is 0.235. The van der Waals surface area contributed by atoms with Gasteiger partial charge in [-0.3, -0.25) is 4.79 Å². The molecule has 0 aliphatic rings. The zero-order chi connectivity index (χ0) is 14.2. The van der Waals surface area contributed by atoms with Crippen molar-refractivity contribution in [3.63, 3.8) is 0 Å². The number of nitrogens with two attached hydrogens (primary N) is 1. The normalized spacial score (nSPS) is 11.8. The summed E-state index contributed by atoms with van der Waals surface area (Å²) in [5.41, 5.74) is 8.23. The smallest absolute Gasteiger partial charge is 0.221 e. The zero-order valence-electron chi connectivity index (χ0n) is 11.5. The minimum absolute atomic E-state index is 0.00251. The lowest BCUT2D eigenvalue weighted by Gasteiger charge is -2.12. The van der Waals surface area contributed by atoms with E-state index in [1.54, 1.807) is 0 Å². The van der Waals surface area contributed by atoms with Crippen molar-refractivity contribution in [2.75, 3.05) is 6.54 Å². The van der Waals surface area contributed by atoms with Crippen LogP contribution in [-0.4, -0.2) is 12.5 Å². The van der Waals surface area contributed by atoms with Gasteiger partial charge in [0, 0.05) is 19.0 Å². The van der Waals surface area contributed by atoms with Crippen LogP contribution in [-0.2, 0) is 11.2 Å². The quantitative estimate of drug-likeness (QED) is 0.845. The Morgan fingerprint density at radius 1 is 1.00 bits per heavy atom. The van der Waals surface area contributed by atoms with Crippen molar-refractivity contribution in [3.8, 4) is 0 Å². The summed E-state index contributed by atoms with van der Waals surface area (Å²) >= 11 is 0. The fourth-order valence-corrected chi connectivity index (χ4v) is 2.08.